The van der Waals surface area contributed by atoms with Crippen LogP contribution in [-0.2, 0) is 0 Å². The average Bonchev–Trinajstić information content (AvgIpc) is 3.28. The van der Waals surface area contributed by atoms with Gasteiger partial charge in [0.2, 0.25) is 0 Å². The van der Waals surface area contributed by atoms with Crippen molar-refractivity contribution >= 4 is 34.5 Å². The quantitative estimate of drug-likeness (QED) is 0.244. The summed E-state index contributed by atoms with van der Waals surface area (Å²) in [5.41, 5.74) is 5.26. The number of halogens is 1. The number of carbonyl (C=O) groups excluding carboxylic acids is 2. The molecular formula is C30H27FN6O2. The first-order valence-corrected chi connectivity index (χ1v) is 12.4. The Balaban J connectivity index is 1.40. The molecule has 2 heterocycles. The Bertz CT molecular complexity index is 1680. The van der Waals surface area contributed by atoms with Gasteiger partial charge in [0.1, 0.15) is 17.7 Å². The van der Waals surface area contributed by atoms with Gasteiger partial charge in [-0.1, -0.05) is 42.5 Å². The summed E-state index contributed by atoms with van der Waals surface area (Å²) in [5.74, 6) is -0.601. The predicted molar refractivity (Wildman–Crippen MR) is 149 cm³/mol. The second-order valence-electron chi connectivity index (χ2n) is 9.29. The van der Waals surface area contributed by atoms with E-state index < -0.39 is 11.7 Å². The number of aromatic nitrogens is 3. The Labute approximate surface area is 224 Å². The molecule has 9 heteroatoms. The molecule has 3 N–H and O–H groups in total. The van der Waals surface area contributed by atoms with Gasteiger partial charge in [-0.3, -0.25) is 9.59 Å². The van der Waals surface area contributed by atoms with Gasteiger partial charge in [-0.2, -0.15) is 5.10 Å². The molecule has 0 aliphatic carbocycles. The number of hydrogen-bond donors (Lipinski definition) is 3. The number of nitrogens with one attached hydrogen (secondary N) is 3. The molecule has 0 aliphatic rings. The minimum atomic E-state index is -0.480. The van der Waals surface area contributed by atoms with Gasteiger partial charge in [-0.25, -0.2) is 13.9 Å². The summed E-state index contributed by atoms with van der Waals surface area (Å²) in [7, 11) is 0. The van der Waals surface area contributed by atoms with E-state index in [0.717, 1.165) is 16.7 Å². The van der Waals surface area contributed by atoms with Gasteiger partial charge in [0.05, 0.1) is 11.6 Å². The molecule has 2 aromatic heterocycles. The van der Waals surface area contributed by atoms with Crippen LogP contribution in [0.3, 0.4) is 0 Å². The fourth-order valence-electron chi connectivity index (χ4n) is 4.38. The van der Waals surface area contributed by atoms with Crippen molar-refractivity contribution in [1.29, 1.82) is 0 Å². The van der Waals surface area contributed by atoms with Crippen LogP contribution in [0.15, 0.2) is 85.3 Å². The summed E-state index contributed by atoms with van der Waals surface area (Å²) in [6.07, 6.45) is 3.10. The number of anilines is 3. The third-order valence-corrected chi connectivity index (χ3v) is 6.55. The normalized spacial score (nSPS) is 11.7. The van der Waals surface area contributed by atoms with Crippen LogP contribution in [-0.4, -0.2) is 26.4 Å². The molecule has 0 fully saturated rings. The zero-order valence-electron chi connectivity index (χ0n) is 21.7. The summed E-state index contributed by atoms with van der Waals surface area (Å²) in [6, 6.07) is 20.5. The lowest BCUT2D eigenvalue weighted by atomic mass is 10.1. The first-order valence-electron chi connectivity index (χ1n) is 12.4. The second kappa shape index (κ2) is 10.7. The summed E-state index contributed by atoms with van der Waals surface area (Å²) in [4.78, 5) is 30.2. The molecule has 0 aliphatic heterocycles. The third kappa shape index (κ3) is 5.47. The maximum Gasteiger partial charge on any atom is 0.255 e. The van der Waals surface area contributed by atoms with Crippen LogP contribution in [0.4, 0.5) is 21.6 Å². The Morgan fingerprint density at radius 1 is 0.949 bits per heavy atom. The highest BCUT2D eigenvalue weighted by Gasteiger charge is 2.20. The molecule has 2 amide bonds. The lowest BCUT2D eigenvalue weighted by molar-refractivity contribution is 0.0938. The molecule has 8 nitrogen and oxygen atoms in total. The van der Waals surface area contributed by atoms with Crippen LogP contribution in [0, 0.1) is 19.7 Å². The number of rotatable bonds is 7. The van der Waals surface area contributed by atoms with E-state index in [1.165, 1.54) is 24.5 Å². The van der Waals surface area contributed by atoms with E-state index in [1.54, 1.807) is 28.9 Å². The van der Waals surface area contributed by atoms with Crippen molar-refractivity contribution in [2.45, 2.75) is 26.8 Å². The van der Waals surface area contributed by atoms with E-state index in [0.29, 0.717) is 28.3 Å². The predicted octanol–water partition coefficient (Wildman–Crippen LogP) is 5.97. The lowest BCUT2D eigenvalue weighted by Gasteiger charge is -2.14. The maximum absolute atomic E-state index is 13.5. The number of amides is 2. The van der Waals surface area contributed by atoms with Gasteiger partial charge in [-0.05, 0) is 67.8 Å². The van der Waals surface area contributed by atoms with Gasteiger partial charge in [0.25, 0.3) is 11.8 Å². The molecule has 0 unspecified atom stereocenters. The number of hydrogen-bond acceptors (Lipinski definition) is 5. The lowest BCUT2D eigenvalue weighted by Crippen LogP contribution is -2.26. The average molecular weight is 523 g/mol. The minimum Gasteiger partial charge on any atom is -0.345 e. The first-order chi connectivity index (χ1) is 18.8. The zero-order valence-corrected chi connectivity index (χ0v) is 21.7. The smallest absolute Gasteiger partial charge is 0.255 e. The Morgan fingerprint density at radius 3 is 2.51 bits per heavy atom. The van der Waals surface area contributed by atoms with Gasteiger partial charge >= 0.3 is 0 Å². The third-order valence-electron chi connectivity index (χ3n) is 6.55. The highest BCUT2D eigenvalue weighted by Crippen LogP contribution is 2.29. The molecule has 0 radical (unpaired) electrons. The van der Waals surface area contributed by atoms with Crippen LogP contribution in [0.25, 0.3) is 5.52 Å². The van der Waals surface area contributed by atoms with Crippen LogP contribution in [0.1, 0.15) is 50.4 Å². The first kappa shape index (κ1) is 25.6. The molecular weight excluding hydrogens is 495 g/mol. The fourth-order valence-corrected chi connectivity index (χ4v) is 4.38. The van der Waals surface area contributed by atoms with Crippen molar-refractivity contribution in [2.24, 2.45) is 0 Å². The summed E-state index contributed by atoms with van der Waals surface area (Å²) in [6.45, 7) is 5.72. The van der Waals surface area contributed by atoms with Gasteiger partial charge in [0, 0.05) is 23.1 Å². The summed E-state index contributed by atoms with van der Waals surface area (Å²) < 4.78 is 15.2. The van der Waals surface area contributed by atoms with E-state index in [4.69, 9.17) is 0 Å². The Kier molecular flexibility index (Phi) is 7.05. The zero-order chi connectivity index (χ0) is 27.5. The highest BCUT2D eigenvalue weighted by atomic mass is 19.1. The number of aryl methyl sites for hydroxylation is 2. The Morgan fingerprint density at radius 2 is 1.74 bits per heavy atom. The molecule has 1 atom stereocenters. The summed E-state index contributed by atoms with van der Waals surface area (Å²) >= 11 is 0. The van der Waals surface area contributed by atoms with Crippen LogP contribution < -0.4 is 16.0 Å². The van der Waals surface area contributed by atoms with Gasteiger partial charge in [0.15, 0.2) is 5.82 Å². The number of benzene rings is 3. The monoisotopic (exact) mass is 522 g/mol. The Hall–Kier alpha value is -5.05. The molecule has 0 saturated carbocycles. The van der Waals surface area contributed by atoms with Gasteiger partial charge in [-0.15, -0.1) is 0 Å². The SMILES string of the molecule is Cc1ccc(NC(=O)c2cccc(F)c2)cc1Nc1ncnn2cc(C(=O)N[C@@H](C)c3ccccc3)c(C)c12. The van der Waals surface area contributed by atoms with Gasteiger partial charge < -0.3 is 16.0 Å². The number of fused-ring (bicyclic) bond motifs is 1. The van der Waals surface area contributed by atoms with E-state index >= 15 is 0 Å². The molecule has 0 saturated heterocycles. The molecule has 5 aromatic rings. The molecule has 196 valence electrons. The van der Waals surface area contributed by atoms with Crippen molar-refractivity contribution in [1.82, 2.24) is 19.9 Å². The van der Waals surface area contributed by atoms with Crippen molar-refractivity contribution in [3.05, 3.63) is 119 Å². The molecule has 5 rings (SSSR count). The number of carbonyl (C=O) groups is 2. The van der Waals surface area contributed by atoms with E-state index in [2.05, 4.69) is 26.0 Å². The van der Waals surface area contributed by atoms with E-state index in [1.807, 2.05) is 57.2 Å². The molecule has 39 heavy (non-hydrogen) atoms. The van der Waals surface area contributed by atoms with Crippen LogP contribution in [0.2, 0.25) is 0 Å². The van der Waals surface area contributed by atoms with E-state index in [-0.39, 0.29) is 17.5 Å². The van der Waals surface area contributed by atoms with Crippen molar-refractivity contribution < 1.29 is 14.0 Å². The topological polar surface area (TPSA) is 100 Å². The summed E-state index contributed by atoms with van der Waals surface area (Å²) in [5, 5.41) is 13.5. The number of nitrogens with zero attached hydrogens (tertiary/aromatic N) is 3. The standard InChI is InChI=1S/C30H27FN6O2/c1-18-12-13-24(35-29(38)22-10-7-11-23(31)14-22)15-26(18)36-28-27-19(2)25(16-37(27)33-17-32-28)30(39)34-20(3)21-8-5-4-6-9-21/h4-17,20H,1-3H3,(H,34,39)(H,35,38)(H,32,33,36)/t20-/m0/s1. The largest absolute Gasteiger partial charge is 0.345 e. The molecule has 0 bridgehead atoms. The maximum atomic E-state index is 13.5. The highest BCUT2D eigenvalue weighted by molar-refractivity contribution is 6.04. The van der Waals surface area contributed by atoms with Crippen LogP contribution >= 0.6 is 0 Å². The second-order valence-corrected chi connectivity index (χ2v) is 9.29. The fraction of sp³-hybridized carbons (Fsp3) is 0.133. The minimum absolute atomic E-state index is 0.169. The molecule has 0 spiro atoms. The van der Waals surface area contributed by atoms with Crippen molar-refractivity contribution in [2.75, 3.05) is 10.6 Å². The molecule has 3 aromatic carbocycles. The van der Waals surface area contributed by atoms with Crippen LogP contribution in [0.5, 0.6) is 0 Å². The van der Waals surface area contributed by atoms with E-state index in [9.17, 15) is 14.0 Å². The van der Waals surface area contributed by atoms with Crippen molar-refractivity contribution in [3.63, 3.8) is 0 Å². The van der Waals surface area contributed by atoms with Crippen molar-refractivity contribution in [3.8, 4) is 0 Å².